The standard InChI is InChI=1S/C14H19NO2/c1-10-4-5-12(11(2)6-10)13(16)15-7-14(3)8-17-9-14/h4-6H,7-9H2,1-3H3,(H,15,16). The molecule has 17 heavy (non-hydrogen) atoms. The number of aryl methyl sites for hydroxylation is 2. The first-order valence-corrected chi connectivity index (χ1v) is 5.93. The second kappa shape index (κ2) is 4.49. The monoisotopic (exact) mass is 233 g/mol. The molecule has 1 saturated heterocycles. The second-order valence-corrected chi connectivity index (χ2v) is 5.30. The van der Waals surface area contributed by atoms with Crippen LogP contribution in [0.5, 0.6) is 0 Å². The topological polar surface area (TPSA) is 38.3 Å². The van der Waals surface area contributed by atoms with Crippen LogP contribution in [-0.2, 0) is 4.74 Å². The molecular weight excluding hydrogens is 214 g/mol. The Kier molecular flexibility index (Phi) is 3.20. The Hall–Kier alpha value is -1.35. The Bertz CT molecular complexity index is 436. The SMILES string of the molecule is Cc1ccc(C(=O)NCC2(C)COC2)c(C)c1. The maximum absolute atomic E-state index is 12.0. The van der Waals surface area contributed by atoms with Crippen LogP contribution in [0.2, 0.25) is 0 Å². The number of carbonyl (C=O) groups excluding carboxylic acids is 1. The van der Waals surface area contributed by atoms with E-state index in [0.717, 1.165) is 24.3 Å². The first-order chi connectivity index (χ1) is 8.00. The predicted octanol–water partition coefficient (Wildman–Crippen LogP) is 2.07. The molecule has 0 saturated carbocycles. The summed E-state index contributed by atoms with van der Waals surface area (Å²) in [5.74, 6) is 0.00984. The molecule has 0 radical (unpaired) electrons. The van der Waals surface area contributed by atoms with Gasteiger partial charge in [-0.15, -0.1) is 0 Å². The van der Waals surface area contributed by atoms with E-state index in [-0.39, 0.29) is 11.3 Å². The van der Waals surface area contributed by atoms with Gasteiger partial charge in [0.15, 0.2) is 0 Å². The molecule has 1 amide bonds. The molecule has 1 fully saturated rings. The highest BCUT2D eigenvalue weighted by atomic mass is 16.5. The summed E-state index contributed by atoms with van der Waals surface area (Å²) < 4.78 is 5.16. The van der Waals surface area contributed by atoms with Gasteiger partial charge in [0.1, 0.15) is 0 Å². The van der Waals surface area contributed by atoms with Crippen LogP contribution in [0.1, 0.15) is 28.4 Å². The number of rotatable bonds is 3. The van der Waals surface area contributed by atoms with Crippen molar-refractivity contribution in [3.05, 3.63) is 34.9 Å². The smallest absolute Gasteiger partial charge is 0.251 e. The molecule has 3 nitrogen and oxygen atoms in total. The maximum atomic E-state index is 12.0. The summed E-state index contributed by atoms with van der Waals surface area (Å²) in [5.41, 5.74) is 3.09. The number of hydrogen-bond donors (Lipinski definition) is 1. The van der Waals surface area contributed by atoms with E-state index in [9.17, 15) is 4.79 Å². The van der Waals surface area contributed by atoms with Crippen LogP contribution < -0.4 is 5.32 Å². The third-order valence-electron chi connectivity index (χ3n) is 3.20. The van der Waals surface area contributed by atoms with Crippen LogP contribution in [0.25, 0.3) is 0 Å². The van der Waals surface area contributed by atoms with Gasteiger partial charge in [0.05, 0.1) is 13.2 Å². The zero-order valence-electron chi connectivity index (χ0n) is 10.7. The first-order valence-electron chi connectivity index (χ1n) is 5.93. The summed E-state index contributed by atoms with van der Waals surface area (Å²) in [6.45, 7) is 8.27. The van der Waals surface area contributed by atoms with E-state index in [1.807, 2.05) is 32.0 Å². The van der Waals surface area contributed by atoms with E-state index in [0.29, 0.717) is 6.54 Å². The number of hydrogen-bond acceptors (Lipinski definition) is 2. The molecule has 0 unspecified atom stereocenters. The summed E-state index contributed by atoms with van der Waals surface area (Å²) in [6, 6.07) is 5.89. The van der Waals surface area contributed by atoms with Gasteiger partial charge in [0.25, 0.3) is 5.91 Å². The average Bonchev–Trinajstić information content (AvgIpc) is 2.23. The van der Waals surface area contributed by atoms with Crippen LogP contribution in [0, 0.1) is 19.3 Å². The molecule has 0 bridgehead atoms. The van der Waals surface area contributed by atoms with E-state index in [2.05, 4.69) is 12.2 Å². The highest BCUT2D eigenvalue weighted by Gasteiger charge is 2.33. The fourth-order valence-electron chi connectivity index (χ4n) is 2.01. The van der Waals surface area contributed by atoms with Gasteiger partial charge in [-0.05, 0) is 25.5 Å². The van der Waals surface area contributed by atoms with Crippen molar-refractivity contribution in [2.24, 2.45) is 5.41 Å². The van der Waals surface area contributed by atoms with Crippen LogP contribution in [-0.4, -0.2) is 25.7 Å². The van der Waals surface area contributed by atoms with Gasteiger partial charge in [-0.2, -0.15) is 0 Å². The summed E-state index contributed by atoms with van der Waals surface area (Å²) in [7, 11) is 0. The van der Waals surface area contributed by atoms with Crippen molar-refractivity contribution < 1.29 is 9.53 Å². The zero-order chi connectivity index (χ0) is 12.5. The summed E-state index contributed by atoms with van der Waals surface area (Å²) >= 11 is 0. The third-order valence-corrected chi connectivity index (χ3v) is 3.20. The molecule has 92 valence electrons. The quantitative estimate of drug-likeness (QED) is 0.868. The maximum Gasteiger partial charge on any atom is 0.251 e. The first kappa shape index (κ1) is 12.1. The molecule has 0 spiro atoms. The Labute approximate surface area is 102 Å². The average molecular weight is 233 g/mol. The molecule has 0 aromatic heterocycles. The van der Waals surface area contributed by atoms with Crippen molar-refractivity contribution in [1.29, 1.82) is 0 Å². The summed E-state index contributed by atoms with van der Waals surface area (Å²) in [4.78, 5) is 12.0. The van der Waals surface area contributed by atoms with E-state index < -0.39 is 0 Å². The lowest BCUT2D eigenvalue weighted by molar-refractivity contribution is -0.0978. The largest absolute Gasteiger partial charge is 0.380 e. The van der Waals surface area contributed by atoms with Gasteiger partial charge in [0, 0.05) is 17.5 Å². The Morgan fingerprint density at radius 3 is 2.65 bits per heavy atom. The Balaban J connectivity index is 1.99. The fourth-order valence-corrected chi connectivity index (χ4v) is 2.01. The molecule has 1 heterocycles. The molecule has 0 aliphatic carbocycles. The molecule has 1 N–H and O–H groups in total. The minimum absolute atomic E-state index is 0.00984. The van der Waals surface area contributed by atoms with E-state index in [1.54, 1.807) is 0 Å². The van der Waals surface area contributed by atoms with Gasteiger partial charge >= 0.3 is 0 Å². The minimum Gasteiger partial charge on any atom is -0.380 e. The molecule has 1 aromatic carbocycles. The molecule has 0 atom stereocenters. The summed E-state index contributed by atoms with van der Waals surface area (Å²) in [5, 5.41) is 2.98. The number of ether oxygens (including phenoxy) is 1. The third kappa shape index (κ3) is 2.67. The predicted molar refractivity (Wildman–Crippen MR) is 67.2 cm³/mol. The van der Waals surface area contributed by atoms with Crippen LogP contribution in [0.15, 0.2) is 18.2 Å². The second-order valence-electron chi connectivity index (χ2n) is 5.30. The molecule has 1 aromatic rings. The van der Waals surface area contributed by atoms with Crippen LogP contribution in [0.4, 0.5) is 0 Å². The number of carbonyl (C=O) groups is 1. The van der Waals surface area contributed by atoms with Crippen molar-refractivity contribution >= 4 is 5.91 Å². The van der Waals surface area contributed by atoms with Crippen molar-refractivity contribution in [3.8, 4) is 0 Å². The fraction of sp³-hybridized carbons (Fsp3) is 0.500. The van der Waals surface area contributed by atoms with Gasteiger partial charge in [0.2, 0.25) is 0 Å². The van der Waals surface area contributed by atoms with Gasteiger partial charge in [-0.1, -0.05) is 24.6 Å². The van der Waals surface area contributed by atoms with Gasteiger partial charge < -0.3 is 10.1 Å². The van der Waals surface area contributed by atoms with Gasteiger partial charge in [-0.3, -0.25) is 4.79 Å². The molecule has 2 rings (SSSR count). The van der Waals surface area contributed by atoms with E-state index >= 15 is 0 Å². The lowest BCUT2D eigenvalue weighted by atomic mass is 9.88. The molecule has 1 aliphatic heterocycles. The summed E-state index contributed by atoms with van der Waals surface area (Å²) in [6.07, 6.45) is 0. The van der Waals surface area contributed by atoms with E-state index in [4.69, 9.17) is 4.74 Å². The number of benzene rings is 1. The Morgan fingerprint density at radius 2 is 2.12 bits per heavy atom. The molecule has 3 heteroatoms. The normalized spacial score (nSPS) is 17.4. The number of nitrogens with one attached hydrogen (secondary N) is 1. The number of amides is 1. The van der Waals surface area contributed by atoms with E-state index in [1.165, 1.54) is 5.56 Å². The van der Waals surface area contributed by atoms with Gasteiger partial charge in [-0.25, -0.2) is 0 Å². The minimum atomic E-state index is 0.00984. The van der Waals surface area contributed by atoms with Crippen LogP contribution >= 0.6 is 0 Å². The lowest BCUT2D eigenvalue weighted by Gasteiger charge is -2.38. The Morgan fingerprint density at radius 1 is 1.41 bits per heavy atom. The highest BCUT2D eigenvalue weighted by molar-refractivity contribution is 5.95. The van der Waals surface area contributed by atoms with Crippen LogP contribution in [0.3, 0.4) is 0 Å². The van der Waals surface area contributed by atoms with Crippen molar-refractivity contribution in [2.75, 3.05) is 19.8 Å². The molecule has 1 aliphatic rings. The molecular formula is C14H19NO2. The van der Waals surface area contributed by atoms with Crippen molar-refractivity contribution in [3.63, 3.8) is 0 Å². The van der Waals surface area contributed by atoms with Crippen molar-refractivity contribution in [2.45, 2.75) is 20.8 Å². The highest BCUT2D eigenvalue weighted by Crippen LogP contribution is 2.25. The van der Waals surface area contributed by atoms with Crippen molar-refractivity contribution in [1.82, 2.24) is 5.32 Å². The lowest BCUT2D eigenvalue weighted by Crippen LogP contribution is -2.48. The zero-order valence-corrected chi connectivity index (χ0v) is 10.7.